The fourth-order valence-electron chi connectivity index (χ4n) is 6.87. The van der Waals surface area contributed by atoms with Gasteiger partial charge in [0, 0.05) is 32.1 Å². The number of ether oxygens (including phenoxy) is 1. The minimum atomic E-state index is 0.0937. The summed E-state index contributed by atoms with van der Waals surface area (Å²) in [5.74, 6) is 2.58. The lowest BCUT2D eigenvalue weighted by atomic mass is 9.35. The van der Waals surface area contributed by atoms with Crippen molar-refractivity contribution in [2.45, 2.75) is 35.5 Å². The largest absolute Gasteiger partial charge is 0.458 e. The Hall–Kier alpha value is -4.36. The quantitative estimate of drug-likeness (QED) is 0.276. The van der Waals surface area contributed by atoms with E-state index in [1.807, 2.05) is 0 Å². The number of aryl methyl sites for hydroxylation is 1. The van der Waals surface area contributed by atoms with Gasteiger partial charge in [0.2, 0.25) is 0 Å². The smallest absolute Gasteiger partial charge is 0.253 e. The van der Waals surface area contributed by atoms with Crippen molar-refractivity contribution in [3.8, 4) is 28.6 Å². The van der Waals surface area contributed by atoms with Gasteiger partial charge in [-0.2, -0.15) is 0 Å². The fraction of sp³-hybridized carbons (Fsp3) is 0.121. The van der Waals surface area contributed by atoms with Crippen molar-refractivity contribution in [1.82, 2.24) is 19.5 Å². The van der Waals surface area contributed by atoms with Gasteiger partial charge in [0.15, 0.2) is 5.82 Å². The number of fused-ring (bicyclic) bond motifs is 7. The van der Waals surface area contributed by atoms with Gasteiger partial charge < -0.3 is 9.30 Å². The van der Waals surface area contributed by atoms with E-state index < -0.39 is 0 Å². The van der Waals surface area contributed by atoms with Crippen molar-refractivity contribution in [2.24, 2.45) is 0 Å². The Balaban J connectivity index is 1.25. The van der Waals surface area contributed by atoms with Crippen LogP contribution in [0.3, 0.4) is 0 Å². The molecule has 0 atom stereocenters. The normalized spacial score (nSPS) is 14.7. The maximum Gasteiger partial charge on any atom is 0.253 e. The summed E-state index contributed by atoms with van der Waals surface area (Å²) in [7, 11) is 0. The van der Waals surface area contributed by atoms with E-state index in [-0.39, 0.29) is 6.71 Å². The van der Waals surface area contributed by atoms with E-state index in [9.17, 15) is 0 Å². The summed E-state index contributed by atoms with van der Waals surface area (Å²) in [5, 5.41) is 1.39. The van der Waals surface area contributed by atoms with E-state index in [0.29, 0.717) is 5.82 Å². The molecule has 40 heavy (non-hydrogen) atoms. The Labute approximate surface area is 236 Å². The SMILES string of the molecule is c1cc2c3c(c1)Sc1cc(-c4ncncn4)ccc1B3c1cc(-n3c4c(c5ccccc53)CCCC4)ccc1O2. The lowest BCUT2D eigenvalue weighted by molar-refractivity contribution is 0.486. The van der Waals surface area contributed by atoms with Crippen LogP contribution in [0.5, 0.6) is 11.5 Å². The highest BCUT2D eigenvalue weighted by Crippen LogP contribution is 2.39. The molecule has 0 unspecified atom stereocenters. The number of benzene rings is 4. The zero-order valence-electron chi connectivity index (χ0n) is 21.7. The van der Waals surface area contributed by atoms with Gasteiger partial charge >= 0.3 is 0 Å². The highest BCUT2D eigenvalue weighted by molar-refractivity contribution is 8.00. The molecule has 9 rings (SSSR count). The number of nitrogens with zero attached hydrogens (tertiary/aromatic N) is 4. The van der Waals surface area contributed by atoms with Crippen LogP contribution in [0, 0.1) is 0 Å². The topological polar surface area (TPSA) is 52.8 Å². The van der Waals surface area contributed by atoms with Gasteiger partial charge in [-0.3, -0.25) is 0 Å². The van der Waals surface area contributed by atoms with Gasteiger partial charge in [0.25, 0.3) is 6.71 Å². The lowest BCUT2D eigenvalue weighted by Crippen LogP contribution is -2.57. The number of hydrogen-bond acceptors (Lipinski definition) is 5. The minimum Gasteiger partial charge on any atom is -0.458 e. The van der Waals surface area contributed by atoms with Crippen LogP contribution >= 0.6 is 11.8 Å². The van der Waals surface area contributed by atoms with E-state index in [1.165, 1.54) is 66.9 Å². The van der Waals surface area contributed by atoms with E-state index in [4.69, 9.17) is 4.74 Å². The average Bonchev–Trinajstić information content (AvgIpc) is 3.35. The second-order valence-electron chi connectivity index (χ2n) is 10.7. The molecule has 2 aliphatic heterocycles. The first-order valence-electron chi connectivity index (χ1n) is 13.8. The summed E-state index contributed by atoms with van der Waals surface area (Å²) in [4.78, 5) is 15.2. The Kier molecular flexibility index (Phi) is 4.81. The summed E-state index contributed by atoms with van der Waals surface area (Å²) in [6.07, 6.45) is 7.89. The monoisotopic (exact) mass is 534 g/mol. The Morgan fingerprint density at radius 3 is 2.62 bits per heavy atom. The van der Waals surface area contributed by atoms with Crippen LogP contribution < -0.4 is 21.1 Å². The summed E-state index contributed by atoms with van der Waals surface area (Å²) < 4.78 is 9.06. The molecule has 2 aromatic heterocycles. The zero-order valence-corrected chi connectivity index (χ0v) is 22.5. The predicted octanol–water partition coefficient (Wildman–Crippen LogP) is 5.45. The van der Waals surface area contributed by atoms with Crippen LogP contribution in [0.15, 0.2) is 101 Å². The fourth-order valence-corrected chi connectivity index (χ4v) is 8.08. The number of rotatable bonds is 2. The lowest BCUT2D eigenvalue weighted by Gasteiger charge is -2.33. The molecule has 1 aliphatic carbocycles. The maximum absolute atomic E-state index is 6.56. The summed E-state index contributed by atoms with van der Waals surface area (Å²) in [6.45, 7) is 0.0937. The van der Waals surface area contributed by atoms with Gasteiger partial charge in [0.05, 0.1) is 5.52 Å². The molecule has 0 bridgehead atoms. The number of hydrogen-bond donors (Lipinski definition) is 0. The molecule has 3 aliphatic rings. The standard InChI is InChI=1S/C33H23BN4OS/c1-3-8-26-22(6-1)23-7-2-4-9-27(23)38(26)21-13-15-28-25(17-21)34-24-14-12-20(33-36-18-35-19-37-33)16-31(24)40-30-11-5-10-29(39-28)32(30)34/h1,3,5-6,8,10-19H,2,4,7,9H2. The van der Waals surface area contributed by atoms with E-state index >= 15 is 0 Å². The molecule has 4 heterocycles. The van der Waals surface area contributed by atoms with Crippen molar-refractivity contribution >= 4 is 45.8 Å². The molecule has 0 saturated carbocycles. The second kappa shape index (κ2) is 8.57. The van der Waals surface area contributed by atoms with Crippen LogP contribution in [-0.4, -0.2) is 26.2 Å². The third kappa shape index (κ3) is 3.21. The Morgan fingerprint density at radius 2 is 1.68 bits per heavy atom. The van der Waals surface area contributed by atoms with Crippen molar-refractivity contribution in [1.29, 1.82) is 0 Å². The molecule has 7 heteroatoms. The molecule has 5 nitrogen and oxygen atoms in total. The summed E-state index contributed by atoms with van der Waals surface area (Å²) in [6, 6.07) is 28.7. The van der Waals surface area contributed by atoms with Crippen LogP contribution in [0.25, 0.3) is 28.0 Å². The van der Waals surface area contributed by atoms with Crippen LogP contribution in [0.4, 0.5) is 0 Å². The molecule has 0 spiro atoms. The first-order valence-corrected chi connectivity index (χ1v) is 14.7. The van der Waals surface area contributed by atoms with Gasteiger partial charge in [0.1, 0.15) is 24.2 Å². The predicted molar refractivity (Wildman–Crippen MR) is 160 cm³/mol. The van der Waals surface area contributed by atoms with Gasteiger partial charge in [-0.15, -0.1) is 0 Å². The molecule has 0 radical (unpaired) electrons. The first kappa shape index (κ1) is 22.5. The molecule has 190 valence electrons. The van der Waals surface area contributed by atoms with Crippen molar-refractivity contribution < 1.29 is 4.74 Å². The highest BCUT2D eigenvalue weighted by Gasteiger charge is 2.39. The third-order valence-corrected chi connectivity index (χ3v) is 9.72. The van der Waals surface area contributed by atoms with E-state index in [2.05, 4.69) is 98.4 Å². The average molecular weight is 534 g/mol. The van der Waals surface area contributed by atoms with Crippen molar-refractivity contribution in [3.63, 3.8) is 0 Å². The second-order valence-corrected chi connectivity index (χ2v) is 11.8. The van der Waals surface area contributed by atoms with Crippen LogP contribution in [-0.2, 0) is 12.8 Å². The van der Waals surface area contributed by atoms with Crippen molar-refractivity contribution in [2.75, 3.05) is 0 Å². The first-order chi connectivity index (χ1) is 19.8. The Morgan fingerprint density at radius 1 is 0.775 bits per heavy atom. The van der Waals surface area contributed by atoms with Gasteiger partial charge in [-0.1, -0.05) is 53.6 Å². The van der Waals surface area contributed by atoms with Gasteiger partial charge in [-0.05, 0) is 84.6 Å². The number of aromatic nitrogens is 4. The van der Waals surface area contributed by atoms with E-state index in [0.717, 1.165) is 29.9 Å². The third-order valence-electron chi connectivity index (χ3n) is 8.57. The zero-order chi connectivity index (χ0) is 26.2. The molecule has 0 N–H and O–H groups in total. The van der Waals surface area contributed by atoms with Crippen molar-refractivity contribution in [3.05, 3.63) is 103 Å². The summed E-state index contributed by atoms with van der Waals surface area (Å²) >= 11 is 1.80. The summed E-state index contributed by atoms with van der Waals surface area (Å²) in [5.41, 5.74) is 10.3. The molecular formula is C33H23BN4OS. The minimum absolute atomic E-state index is 0.0937. The molecule has 0 fully saturated rings. The Bertz CT molecular complexity index is 1990. The highest BCUT2D eigenvalue weighted by atomic mass is 32.2. The van der Waals surface area contributed by atoms with E-state index in [1.54, 1.807) is 24.4 Å². The number of para-hydroxylation sites is 1. The molecular weight excluding hydrogens is 511 g/mol. The molecule has 6 aromatic rings. The molecule has 0 amide bonds. The van der Waals surface area contributed by atoms with Crippen LogP contribution in [0.2, 0.25) is 0 Å². The maximum atomic E-state index is 6.56. The molecule has 4 aromatic carbocycles. The molecule has 0 saturated heterocycles. The van der Waals surface area contributed by atoms with Crippen LogP contribution in [0.1, 0.15) is 24.1 Å². The van der Waals surface area contributed by atoms with Gasteiger partial charge in [-0.25, -0.2) is 15.0 Å².